The molecular weight excluding hydrogens is 424 g/mol. The van der Waals surface area contributed by atoms with Crippen molar-refractivity contribution < 1.29 is 19.2 Å². The highest BCUT2D eigenvalue weighted by Crippen LogP contribution is 2.33. The van der Waals surface area contributed by atoms with Crippen LogP contribution in [0.4, 0.5) is 10.7 Å². The van der Waals surface area contributed by atoms with E-state index in [0.717, 1.165) is 10.4 Å². The fourth-order valence-electron chi connectivity index (χ4n) is 3.12. The summed E-state index contributed by atoms with van der Waals surface area (Å²) in [5.41, 5.74) is 1.90. The van der Waals surface area contributed by atoms with Crippen LogP contribution in [0.15, 0.2) is 12.3 Å². The average molecular weight is 446 g/mol. The van der Waals surface area contributed by atoms with Crippen molar-refractivity contribution in [1.82, 2.24) is 19.6 Å². The molecule has 1 amide bonds. The second-order valence-electron chi connectivity index (χ2n) is 6.82. The molecule has 0 atom stereocenters. The topological polar surface area (TPSA) is 134 Å². The van der Waals surface area contributed by atoms with Gasteiger partial charge in [0.05, 0.1) is 17.1 Å². The first-order valence-electron chi connectivity index (χ1n) is 9.44. The molecule has 11 nitrogen and oxygen atoms in total. The van der Waals surface area contributed by atoms with Gasteiger partial charge in [0.15, 0.2) is 5.69 Å². The molecule has 164 valence electrons. The predicted molar refractivity (Wildman–Crippen MR) is 114 cm³/mol. The largest absolute Gasteiger partial charge is 0.462 e. The summed E-state index contributed by atoms with van der Waals surface area (Å²) in [4.78, 5) is 36.6. The Balaban J connectivity index is 1.79. The van der Waals surface area contributed by atoms with E-state index in [1.165, 1.54) is 26.8 Å². The van der Waals surface area contributed by atoms with E-state index in [1.807, 2.05) is 6.92 Å². The van der Waals surface area contributed by atoms with E-state index < -0.39 is 16.8 Å². The first-order chi connectivity index (χ1) is 14.6. The minimum Gasteiger partial charge on any atom is -0.462 e. The lowest BCUT2D eigenvalue weighted by molar-refractivity contribution is -0.386. The van der Waals surface area contributed by atoms with Crippen molar-refractivity contribution in [3.63, 3.8) is 0 Å². The van der Waals surface area contributed by atoms with Gasteiger partial charge in [-0.3, -0.25) is 19.6 Å². The van der Waals surface area contributed by atoms with Crippen LogP contribution < -0.4 is 5.32 Å². The Morgan fingerprint density at radius 1 is 1.26 bits per heavy atom. The van der Waals surface area contributed by atoms with E-state index >= 15 is 0 Å². The van der Waals surface area contributed by atoms with Crippen LogP contribution in [0.5, 0.6) is 0 Å². The number of esters is 1. The van der Waals surface area contributed by atoms with E-state index in [4.69, 9.17) is 4.74 Å². The van der Waals surface area contributed by atoms with E-state index in [0.29, 0.717) is 22.0 Å². The molecule has 3 heterocycles. The molecule has 0 aromatic carbocycles. The van der Waals surface area contributed by atoms with Gasteiger partial charge in [0.25, 0.3) is 5.91 Å². The van der Waals surface area contributed by atoms with Crippen molar-refractivity contribution in [2.24, 2.45) is 0 Å². The van der Waals surface area contributed by atoms with Gasteiger partial charge in [0.1, 0.15) is 23.1 Å². The maximum absolute atomic E-state index is 12.7. The molecule has 0 saturated carbocycles. The number of nitrogens with zero attached hydrogens (tertiary/aromatic N) is 5. The summed E-state index contributed by atoms with van der Waals surface area (Å²) in [5, 5.41) is 22.7. The van der Waals surface area contributed by atoms with Crippen molar-refractivity contribution in [2.45, 2.75) is 41.3 Å². The number of anilines is 1. The first kappa shape index (κ1) is 22.2. The van der Waals surface area contributed by atoms with Crippen LogP contribution in [0.3, 0.4) is 0 Å². The smallest absolute Gasteiger partial charge is 0.341 e. The fourth-order valence-corrected chi connectivity index (χ4v) is 4.16. The quantitative estimate of drug-likeness (QED) is 0.334. The van der Waals surface area contributed by atoms with Crippen LogP contribution >= 0.6 is 11.3 Å². The van der Waals surface area contributed by atoms with Crippen molar-refractivity contribution in [2.75, 3.05) is 11.9 Å². The third-order valence-corrected chi connectivity index (χ3v) is 5.89. The Labute approximate surface area is 181 Å². The number of carbonyl (C=O) groups excluding carboxylic acids is 2. The SMILES string of the molecule is CCOC(=O)c1c(NC(=O)c2ccn(Cn3nc(C)c([N+](=O)[O-])c3C)n2)sc(C)c1C. The van der Waals surface area contributed by atoms with Crippen molar-refractivity contribution in [3.05, 3.63) is 55.5 Å². The summed E-state index contributed by atoms with van der Waals surface area (Å²) >= 11 is 1.29. The van der Waals surface area contributed by atoms with Gasteiger partial charge in [-0.25, -0.2) is 9.48 Å². The lowest BCUT2D eigenvalue weighted by Gasteiger charge is -2.06. The van der Waals surface area contributed by atoms with Gasteiger partial charge in [-0.2, -0.15) is 10.2 Å². The zero-order valence-corrected chi connectivity index (χ0v) is 18.6. The minimum atomic E-state index is -0.490. The molecule has 0 unspecified atom stereocenters. The van der Waals surface area contributed by atoms with Crippen LogP contribution in [-0.4, -0.2) is 43.0 Å². The fraction of sp³-hybridized carbons (Fsp3) is 0.368. The number of amides is 1. The molecular formula is C19H22N6O5S. The van der Waals surface area contributed by atoms with E-state index in [9.17, 15) is 19.7 Å². The highest BCUT2D eigenvalue weighted by atomic mass is 32.1. The molecule has 3 aromatic rings. The van der Waals surface area contributed by atoms with Crippen molar-refractivity contribution in [1.29, 1.82) is 0 Å². The number of rotatable bonds is 7. The Kier molecular flexibility index (Phi) is 6.20. The molecule has 0 aliphatic carbocycles. The molecule has 31 heavy (non-hydrogen) atoms. The lowest BCUT2D eigenvalue weighted by atomic mass is 10.1. The number of aryl methyl sites for hydroxylation is 2. The van der Waals surface area contributed by atoms with E-state index in [2.05, 4.69) is 15.5 Å². The molecule has 0 bridgehead atoms. The average Bonchev–Trinajstić information content (AvgIpc) is 3.33. The number of carbonyl (C=O) groups is 2. The number of ether oxygens (including phenoxy) is 1. The standard InChI is InChI=1S/C19H22N6O5S/c1-6-30-19(27)15-10(2)13(5)31-18(15)20-17(26)14-7-8-23(22-14)9-24-12(4)16(25(28)29)11(3)21-24/h7-8H,6,9H2,1-5H3,(H,20,26). The predicted octanol–water partition coefficient (Wildman–Crippen LogP) is 3.22. The molecule has 1 N–H and O–H groups in total. The monoisotopic (exact) mass is 446 g/mol. The molecule has 0 fully saturated rings. The second kappa shape index (κ2) is 8.68. The number of hydrogen-bond acceptors (Lipinski definition) is 8. The summed E-state index contributed by atoms with van der Waals surface area (Å²) in [6.45, 7) is 8.89. The zero-order valence-electron chi connectivity index (χ0n) is 17.8. The summed E-state index contributed by atoms with van der Waals surface area (Å²) in [5.74, 6) is -0.971. The summed E-state index contributed by atoms with van der Waals surface area (Å²) in [6.07, 6.45) is 1.58. The molecule has 0 spiro atoms. The number of nitro groups is 1. The van der Waals surface area contributed by atoms with E-state index in [-0.39, 0.29) is 24.7 Å². The number of nitrogens with one attached hydrogen (secondary N) is 1. The Hall–Kier alpha value is -3.54. The molecule has 0 aliphatic heterocycles. The van der Waals surface area contributed by atoms with Gasteiger partial charge < -0.3 is 10.1 Å². The van der Waals surface area contributed by atoms with Crippen LogP contribution in [0.25, 0.3) is 0 Å². The second-order valence-corrected chi connectivity index (χ2v) is 8.04. The number of aromatic nitrogens is 4. The maximum atomic E-state index is 12.7. The third-order valence-electron chi connectivity index (χ3n) is 4.77. The molecule has 12 heteroatoms. The van der Waals surface area contributed by atoms with Gasteiger partial charge in [0.2, 0.25) is 0 Å². The van der Waals surface area contributed by atoms with Gasteiger partial charge in [-0.15, -0.1) is 11.3 Å². The van der Waals surface area contributed by atoms with Crippen LogP contribution in [0.2, 0.25) is 0 Å². The minimum absolute atomic E-state index is 0.0416. The lowest BCUT2D eigenvalue weighted by Crippen LogP contribution is -2.17. The van der Waals surface area contributed by atoms with Crippen LogP contribution in [0.1, 0.15) is 49.6 Å². The normalized spacial score (nSPS) is 10.9. The van der Waals surface area contributed by atoms with Gasteiger partial charge in [0, 0.05) is 11.1 Å². The highest BCUT2D eigenvalue weighted by Gasteiger charge is 2.24. The van der Waals surface area contributed by atoms with E-state index in [1.54, 1.807) is 33.9 Å². The van der Waals surface area contributed by atoms with Gasteiger partial charge >= 0.3 is 11.7 Å². The Morgan fingerprint density at radius 2 is 1.97 bits per heavy atom. The van der Waals surface area contributed by atoms with Crippen molar-refractivity contribution in [3.8, 4) is 0 Å². The third kappa shape index (κ3) is 4.33. The van der Waals surface area contributed by atoms with Gasteiger partial charge in [-0.1, -0.05) is 0 Å². The molecule has 0 aliphatic rings. The molecule has 3 aromatic heterocycles. The first-order valence-corrected chi connectivity index (χ1v) is 10.3. The molecule has 3 rings (SSSR count). The summed E-state index contributed by atoms with van der Waals surface area (Å²) < 4.78 is 8.00. The van der Waals surface area contributed by atoms with Crippen molar-refractivity contribution >= 4 is 33.9 Å². The summed E-state index contributed by atoms with van der Waals surface area (Å²) in [6, 6.07) is 1.52. The zero-order chi connectivity index (χ0) is 22.9. The molecule has 0 radical (unpaired) electrons. The Bertz CT molecular complexity index is 1180. The van der Waals surface area contributed by atoms with Crippen LogP contribution in [0, 0.1) is 37.8 Å². The summed E-state index contributed by atoms with van der Waals surface area (Å²) in [7, 11) is 0. The van der Waals surface area contributed by atoms with Gasteiger partial charge in [-0.05, 0) is 46.2 Å². The number of hydrogen-bond donors (Lipinski definition) is 1. The highest BCUT2D eigenvalue weighted by molar-refractivity contribution is 7.16. The Morgan fingerprint density at radius 3 is 2.58 bits per heavy atom. The van der Waals surface area contributed by atoms with Crippen LogP contribution in [-0.2, 0) is 11.4 Å². The number of thiophene rings is 1. The maximum Gasteiger partial charge on any atom is 0.341 e. The molecule has 0 saturated heterocycles.